The molecule has 2 rings (SSSR count). The lowest BCUT2D eigenvalue weighted by Crippen LogP contribution is -2.24. The van der Waals surface area contributed by atoms with Gasteiger partial charge in [-0.05, 0) is 12.1 Å². The molecule has 6 heteroatoms. The largest absolute Gasteiger partial charge is 0.307 e. The quantitative estimate of drug-likeness (QED) is 0.841. The van der Waals surface area contributed by atoms with E-state index in [1.54, 1.807) is 0 Å². The van der Waals surface area contributed by atoms with E-state index in [0.717, 1.165) is 17.6 Å². The third kappa shape index (κ3) is 2.80. The molecular weight excluding hydrogens is 226 g/mol. The number of pyridine rings is 1. The van der Waals surface area contributed by atoms with Gasteiger partial charge in [-0.15, -0.1) is 0 Å². The molecule has 0 aliphatic heterocycles. The van der Waals surface area contributed by atoms with Gasteiger partial charge in [0.15, 0.2) is 0 Å². The van der Waals surface area contributed by atoms with Crippen LogP contribution in [0.15, 0.2) is 30.6 Å². The van der Waals surface area contributed by atoms with Crippen LogP contribution < -0.4 is 4.72 Å². The van der Waals surface area contributed by atoms with Crippen molar-refractivity contribution in [3.8, 4) is 0 Å². The zero-order valence-corrected chi connectivity index (χ0v) is 9.74. The molecule has 0 fully saturated rings. The van der Waals surface area contributed by atoms with Crippen LogP contribution in [-0.2, 0) is 16.4 Å². The van der Waals surface area contributed by atoms with E-state index in [4.69, 9.17) is 0 Å². The van der Waals surface area contributed by atoms with Crippen LogP contribution in [-0.4, -0.2) is 30.6 Å². The molecule has 0 spiro atoms. The van der Waals surface area contributed by atoms with Crippen molar-refractivity contribution in [2.75, 3.05) is 12.8 Å². The van der Waals surface area contributed by atoms with Gasteiger partial charge in [-0.3, -0.25) is 0 Å². The molecule has 0 bridgehead atoms. The number of aromatic nitrogens is 2. The van der Waals surface area contributed by atoms with Crippen LogP contribution >= 0.6 is 0 Å². The minimum Gasteiger partial charge on any atom is -0.307 e. The fraction of sp³-hybridized carbons (Fsp3) is 0.300. The van der Waals surface area contributed by atoms with E-state index in [0.29, 0.717) is 13.0 Å². The molecule has 0 saturated heterocycles. The second-order valence-corrected chi connectivity index (χ2v) is 5.45. The van der Waals surface area contributed by atoms with Gasteiger partial charge in [0.05, 0.1) is 11.9 Å². The molecule has 0 atom stereocenters. The van der Waals surface area contributed by atoms with Crippen LogP contribution in [0.5, 0.6) is 0 Å². The number of nitrogens with zero attached hydrogens (tertiary/aromatic N) is 2. The van der Waals surface area contributed by atoms with E-state index in [1.807, 2.05) is 35.0 Å². The number of rotatable bonds is 4. The second-order valence-electron chi connectivity index (χ2n) is 3.61. The van der Waals surface area contributed by atoms with E-state index >= 15 is 0 Å². The van der Waals surface area contributed by atoms with Gasteiger partial charge >= 0.3 is 0 Å². The van der Waals surface area contributed by atoms with Gasteiger partial charge in [-0.25, -0.2) is 18.1 Å². The zero-order valence-electron chi connectivity index (χ0n) is 8.92. The first-order chi connectivity index (χ1) is 7.54. The molecule has 2 heterocycles. The Balaban J connectivity index is 2.05. The molecule has 0 amide bonds. The summed E-state index contributed by atoms with van der Waals surface area (Å²) in [5.74, 6) is 0. The van der Waals surface area contributed by atoms with Gasteiger partial charge in [0.25, 0.3) is 0 Å². The van der Waals surface area contributed by atoms with E-state index in [2.05, 4.69) is 9.71 Å². The number of nitrogens with one attached hydrogen (secondary N) is 1. The summed E-state index contributed by atoms with van der Waals surface area (Å²) < 4.78 is 26.1. The fourth-order valence-corrected chi connectivity index (χ4v) is 1.94. The average molecular weight is 239 g/mol. The van der Waals surface area contributed by atoms with E-state index in [-0.39, 0.29) is 0 Å². The average Bonchev–Trinajstić information content (AvgIpc) is 2.57. The first-order valence-electron chi connectivity index (χ1n) is 4.92. The molecule has 5 nitrogen and oxygen atoms in total. The summed E-state index contributed by atoms with van der Waals surface area (Å²) in [7, 11) is -3.11. The third-order valence-electron chi connectivity index (χ3n) is 2.16. The van der Waals surface area contributed by atoms with Crippen molar-refractivity contribution < 1.29 is 8.42 Å². The zero-order chi connectivity index (χ0) is 11.6. The number of fused-ring (bicyclic) bond motifs is 1. The predicted octanol–water partition coefficient (Wildman–Crippen LogP) is 0.426. The fourth-order valence-electron chi connectivity index (χ4n) is 1.47. The highest BCUT2D eigenvalue weighted by atomic mass is 32.2. The highest BCUT2D eigenvalue weighted by molar-refractivity contribution is 7.88. The van der Waals surface area contributed by atoms with Crippen LogP contribution in [0.3, 0.4) is 0 Å². The van der Waals surface area contributed by atoms with Crippen molar-refractivity contribution in [2.45, 2.75) is 6.42 Å². The van der Waals surface area contributed by atoms with Crippen LogP contribution in [0.1, 0.15) is 5.69 Å². The summed E-state index contributed by atoms with van der Waals surface area (Å²) in [6.07, 6.45) is 5.56. The molecule has 0 saturated carbocycles. The van der Waals surface area contributed by atoms with E-state index < -0.39 is 10.0 Å². The van der Waals surface area contributed by atoms with Crippen molar-refractivity contribution in [3.05, 3.63) is 36.3 Å². The SMILES string of the molecule is CS(=O)(=O)NCCc1cn2ccccc2n1. The number of hydrogen-bond donors (Lipinski definition) is 1. The van der Waals surface area contributed by atoms with Crippen molar-refractivity contribution in [2.24, 2.45) is 0 Å². The lowest BCUT2D eigenvalue weighted by atomic mass is 10.3. The maximum absolute atomic E-state index is 10.9. The molecule has 0 aromatic carbocycles. The topological polar surface area (TPSA) is 63.5 Å². The summed E-state index contributed by atoms with van der Waals surface area (Å²) >= 11 is 0. The monoisotopic (exact) mass is 239 g/mol. The van der Waals surface area contributed by atoms with Gasteiger partial charge < -0.3 is 4.40 Å². The molecule has 0 radical (unpaired) electrons. The Morgan fingerprint density at radius 2 is 2.25 bits per heavy atom. The molecule has 2 aromatic rings. The Labute approximate surface area is 94.2 Å². The normalized spacial score (nSPS) is 12.1. The number of imidazole rings is 1. The molecule has 0 aliphatic carbocycles. The maximum Gasteiger partial charge on any atom is 0.208 e. The Bertz CT molecular complexity index is 556. The van der Waals surface area contributed by atoms with Gasteiger partial charge in [0.1, 0.15) is 5.65 Å². The molecule has 86 valence electrons. The third-order valence-corrected chi connectivity index (χ3v) is 2.89. The highest BCUT2D eigenvalue weighted by Crippen LogP contribution is 2.04. The highest BCUT2D eigenvalue weighted by Gasteiger charge is 2.03. The van der Waals surface area contributed by atoms with Crippen LogP contribution in [0.4, 0.5) is 0 Å². The summed E-state index contributed by atoms with van der Waals surface area (Å²) in [4.78, 5) is 4.36. The molecule has 0 unspecified atom stereocenters. The number of sulfonamides is 1. The van der Waals surface area contributed by atoms with E-state index in [9.17, 15) is 8.42 Å². The second kappa shape index (κ2) is 4.23. The van der Waals surface area contributed by atoms with Gasteiger partial charge in [-0.1, -0.05) is 6.07 Å². The summed E-state index contributed by atoms with van der Waals surface area (Å²) in [5, 5.41) is 0. The van der Waals surface area contributed by atoms with Crippen molar-refractivity contribution in [3.63, 3.8) is 0 Å². The smallest absolute Gasteiger partial charge is 0.208 e. The molecule has 1 N–H and O–H groups in total. The molecule has 0 aliphatic rings. The Hall–Kier alpha value is -1.40. The van der Waals surface area contributed by atoms with Gasteiger partial charge in [-0.2, -0.15) is 0 Å². The van der Waals surface area contributed by atoms with Crippen molar-refractivity contribution in [1.29, 1.82) is 0 Å². The summed E-state index contributed by atoms with van der Waals surface area (Å²) in [6.45, 7) is 0.378. The Kier molecular flexibility index (Phi) is 2.93. The Morgan fingerprint density at radius 3 is 2.94 bits per heavy atom. The lowest BCUT2D eigenvalue weighted by molar-refractivity contribution is 0.587. The summed E-state index contributed by atoms with van der Waals surface area (Å²) in [6, 6.07) is 5.75. The minimum absolute atomic E-state index is 0.378. The van der Waals surface area contributed by atoms with Crippen molar-refractivity contribution in [1.82, 2.24) is 14.1 Å². The van der Waals surface area contributed by atoms with Gasteiger partial charge in [0.2, 0.25) is 10.0 Å². The lowest BCUT2D eigenvalue weighted by Gasteiger charge is -1.98. The standard InChI is InChI=1S/C10H13N3O2S/c1-16(14,15)11-6-5-9-8-13-7-3-2-4-10(13)12-9/h2-4,7-8,11H,5-6H2,1H3. The number of hydrogen-bond acceptors (Lipinski definition) is 3. The van der Waals surface area contributed by atoms with E-state index in [1.165, 1.54) is 0 Å². The molecule has 16 heavy (non-hydrogen) atoms. The van der Waals surface area contributed by atoms with Gasteiger partial charge in [0, 0.05) is 25.4 Å². The Morgan fingerprint density at radius 1 is 1.44 bits per heavy atom. The predicted molar refractivity (Wildman–Crippen MR) is 61.7 cm³/mol. The van der Waals surface area contributed by atoms with Crippen LogP contribution in [0.2, 0.25) is 0 Å². The van der Waals surface area contributed by atoms with Crippen molar-refractivity contribution >= 4 is 15.7 Å². The minimum atomic E-state index is -3.11. The van der Waals surface area contributed by atoms with Crippen LogP contribution in [0.25, 0.3) is 5.65 Å². The maximum atomic E-state index is 10.9. The molecule has 2 aromatic heterocycles. The first-order valence-corrected chi connectivity index (χ1v) is 6.81. The molecular formula is C10H13N3O2S. The van der Waals surface area contributed by atoms with Crippen LogP contribution in [0, 0.1) is 0 Å². The summed E-state index contributed by atoms with van der Waals surface area (Å²) in [5.41, 5.74) is 1.75. The first kappa shape index (κ1) is 11.1.